The van der Waals surface area contributed by atoms with E-state index in [1.807, 2.05) is 12.4 Å². The summed E-state index contributed by atoms with van der Waals surface area (Å²) in [5.41, 5.74) is 2.49. The molecule has 0 radical (unpaired) electrons. The largest absolute Gasteiger partial charge is 0.381 e. The zero-order valence-corrected chi connectivity index (χ0v) is 8.96. The maximum atomic E-state index is 4.14. The van der Waals surface area contributed by atoms with Gasteiger partial charge >= 0.3 is 0 Å². The summed E-state index contributed by atoms with van der Waals surface area (Å²) in [7, 11) is 0. The highest BCUT2D eigenvalue weighted by Gasteiger charge is 2.21. The minimum absolute atomic E-state index is 0.660. The summed E-state index contributed by atoms with van der Waals surface area (Å²) in [6.45, 7) is 4.46. The molecule has 1 aromatic heterocycles. The van der Waals surface area contributed by atoms with Crippen LogP contribution < -0.4 is 5.32 Å². The van der Waals surface area contributed by atoms with Crippen LogP contribution in [0.5, 0.6) is 0 Å². The van der Waals surface area contributed by atoms with E-state index in [4.69, 9.17) is 0 Å². The zero-order chi connectivity index (χ0) is 9.97. The minimum Gasteiger partial charge on any atom is -0.381 e. The Bertz CT molecular complexity index is 309. The van der Waals surface area contributed by atoms with E-state index in [9.17, 15) is 0 Å². The fourth-order valence-corrected chi connectivity index (χ4v) is 2.17. The Hall–Kier alpha value is -1.05. The fraction of sp³-hybridized carbons (Fsp3) is 0.583. The van der Waals surface area contributed by atoms with Gasteiger partial charge in [0, 0.05) is 12.2 Å². The molecular weight excluding hydrogens is 172 g/mol. The van der Waals surface area contributed by atoms with Gasteiger partial charge in [0.1, 0.15) is 0 Å². The van der Waals surface area contributed by atoms with Crippen molar-refractivity contribution in [1.82, 2.24) is 4.98 Å². The van der Waals surface area contributed by atoms with Gasteiger partial charge in [0.15, 0.2) is 0 Å². The number of anilines is 1. The van der Waals surface area contributed by atoms with E-state index in [1.165, 1.54) is 30.5 Å². The number of hydrogen-bond donors (Lipinski definition) is 1. The molecule has 1 fully saturated rings. The number of pyridine rings is 1. The van der Waals surface area contributed by atoms with Gasteiger partial charge in [0.2, 0.25) is 0 Å². The van der Waals surface area contributed by atoms with E-state index in [2.05, 4.69) is 30.2 Å². The molecule has 0 spiro atoms. The molecule has 14 heavy (non-hydrogen) atoms. The van der Waals surface area contributed by atoms with Crippen molar-refractivity contribution >= 4 is 5.69 Å². The lowest BCUT2D eigenvalue weighted by Crippen LogP contribution is -2.16. The highest BCUT2D eigenvalue weighted by atomic mass is 14.9. The second kappa shape index (κ2) is 3.99. The van der Waals surface area contributed by atoms with Crippen molar-refractivity contribution in [3.05, 3.63) is 24.0 Å². The van der Waals surface area contributed by atoms with E-state index in [-0.39, 0.29) is 0 Å². The number of rotatable bonds is 2. The lowest BCUT2D eigenvalue weighted by Gasteiger charge is -2.15. The average Bonchev–Trinajstić information content (AvgIpc) is 2.56. The van der Waals surface area contributed by atoms with Crippen LogP contribution in [0.15, 0.2) is 18.5 Å². The molecule has 0 bridgehead atoms. The number of aromatic nitrogens is 1. The highest BCUT2D eigenvalue weighted by molar-refractivity contribution is 5.48. The quantitative estimate of drug-likeness (QED) is 0.775. The van der Waals surface area contributed by atoms with Crippen LogP contribution in [0.4, 0.5) is 5.69 Å². The molecule has 1 N–H and O–H groups in total. The van der Waals surface area contributed by atoms with E-state index in [1.54, 1.807) is 0 Å². The molecule has 0 amide bonds. The van der Waals surface area contributed by atoms with E-state index < -0.39 is 0 Å². The maximum Gasteiger partial charge on any atom is 0.0558 e. The topological polar surface area (TPSA) is 24.9 Å². The SMILES string of the molecule is Cc1ccncc1N[C@@H]1CC[C@H](C)C1. The zero-order valence-electron chi connectivity index (χ0n) is 8.96. The number of hydrogen-bond acceptors (Lipinski definition) is 2. The van der Waals surface area contributed by atoms with Gasteiger partial charge in [-0.3, -0.25) is 4.98 Å². The van der Waals surface area contributed by atoms with Gasteiger partial charge in [0.25, 0.3) is 0 Å². The van der Waals surface area contributed by atoms with Crippen molar-refractivity contribution in [3.63, 3.8) is 0 Å². The average molecular weight is 190 g/mol. The van der Waals surface area contributed by atoms with E-state index in [0.29, 0.717) is 6.04 Å². The predicted octanol–water partition coefficient (Wildman–Crippen LogP) is 2.99. The van der Waals surface area contributed by atoms with E-state index >= 15 is 0 Å². The standard InChI is InChI=1S/C12H18N2/c1-9-3-4-11(7-9)14-12-8-13-6-5-10(12)2/h5-6,8-9,11,14H,3-4,7H2,1-2H3/t9-,11+/m0/s1. The Kier molecular flexibility index (Phi) is 2.71. The van der Waals surface area contributed by atoms with Crippen molar-refractivity contribution in [3.8, 4) is 0 Å². The van der Waals surface area contributed by atoms with Crippen molar-refractivity contribution in [1.29, 1.82) is 0 Å². The van der Waals surface area contributed by atoms with Gasteiger partial charge in [-0.05, 0) is 43.7 Å². The molecule has 1 heterocycles. The summed E-state index contributed by atoms with van der Waals surface area (Å²) in [4.78, 5) is 4.14. The smallest absolute Gasteiger partial charge is 0.0558 e. The van der Waals surface area contributed by atoms with Gasteiger partial charge in [0.05, 0.1) is 11.9 Å². The molecule has 0 unspecified atom stereocenters. The van der Waals surface area contributed by atoms with Gasteiger partial charge in [-0.2, -0.15) is 0 Å². The third-order valence-electron chi connectivity index (χ3n) is 3.09. The molecule has 0 aliphatic heterocycles. The minimum atomic E-state index is 0.660. The van der Waals surface area contributed by atoms with Crippen molar-refractivity contribution in [2.24, 2.45) is 5.92 Å². The van der Waals surface area contributed by atoms with Crippen molar-refractivity contribution in [2.75, 3.05) is 5.32 Å². The molecule has 1 aromatic rings. The van der Waals surface area contributed by atoms with Gasteiger partial charge in [-0.25, -0.2) is 0 Å². The molecule has 2 heteroatoms. The molecule has 1 saturated carbocycles. The van der Waals surface area contributed by atoms with Crippen molar-refractivity contribution in [2.45, 2.75) is 39.2 Å². The van der Waals surface area contributed by atoms with Crippen LogP contribution >= 0.6 is 0 Å². The molecule has 2 nitrogen and oxygen atoms in total. The van der Waals surface area contributed by atoms with Crippen molar-refractivity contribution < 1.29 is 0 Å². The maximum absolute atomic E-state index is 4.14. The van der Waals surface area contributed by atoms with Crippen LogP contribution in [0.1, 0.15) is 31.7 Å². The highest BCUT2D eigenvalue weighted by Crippen LogP contribution is 2.27. The number of nitrogens with one attached hydrogen (secondary N) is 1. The first kappa shape index (κ1) is 9.50. The van der Waals surface area contributed by atoms with Crippen LogP contribution in [-0.2, 0) is 0 Å². The lowest BCUT2D eigenvalue weighted by molar-refractivity contribution is 0.602. The Morgan fingerprint density at radius 2 is 2.29 bits per heavy atom. The fourth-order valence-electron chi connectivity index (χ4n) is 2.17. The molecule has 76 valence electrons. The van der Waals surface area contributed by atoms with Crippen LogP contribution in [0, 0.1) is 12.8 Å². The first-order valence-electron chi connectivity index (χ1n) is 5.43. The second-order valence-electron chi connectivity index (χ2n) is 4.45. The molecular formula is C12H18N2. The summed E-state index contributed by atoms with van der Waals surface area (Å²) in [6.07, 6.45) is 7.73. The van der Waals surface area contributed by atoms with Crippen LogP contribution in [0.3, 0.4) is 0 Å². The normalized spacial score (nSPS) is 26.4. The first-order chi connectivity index (χ1) is 6.75. The van der Waals surface area contributed by atoms with Crippen LogP contribution in [0.2, 0.25) is 0 Å². The molecule has 0 aromatic carbocycles. The lowest BCUT2D eigenvalue weighted by atomic mass is 10.1. The van der Waals surface area contributed by atoms with Gasteiger partial charge in [-0.15, -0.1) is 0 Å². The molecule has 2 rings (SSSR count). The number of nitrogens with zero attached hydrogens (tertiary/aromatic N) is 1. The Labute approximate surface area is 85.7 Å². The number of aryl methyl sites for hydroxylation is 1. The summed E-state index contributed by atoms with van der Waals surface area (Å²) in [5, 5.41) is 3.58. The van der Waals surface area contributed by atoms with Gasteiger partial charge < -0.3 is 5.32 Å². The van der Waals surface area contributed by atoms with Gasteiger partial charge in [-0.1, -0.05) is 6.92 Å². The van der Waals surface area contributed by atoms with Crippen LogP contribution in [0.25, 0.3) is 0 Å². The first-order valence-corrected chi connectivity index (χ1v) is 5.43. The molecule has 2 atom stereocenters. The Morgan fingerprint density at radius 3 is 2.93 bits per heavy atom. The Balaban J connectivity index is 2.01. The third-order valence-corrected chi connectivity index (χ3v) is 3.09. The second-order valence-corrected chi connectivity index (χ2v) is 4.45. The Morgan fingerprint density at radius 1 is 1.43 bits per heavy atom. The van der Waals surface area contributed by atoms with E-state index in [0.717, 1.165) is 5.92 Å². The molecule has 0 saturated heterocycles. The summed E-state index contributed by atoms with van der Waals surface area (Å²) in [6, 6.07) is 2.72. The molecule has 1 aliphatic rings. The summed E-state index contributed by atoms with van der Waals surface area (Å²) >= 11 is 0. The summed E-state index contributed by atoms with van der Waals surface area (Å²) < 4.78 is 0. The van der Waals surface area contributed by atoms with Crippen LogP contribution in [-0.4, -0.2) is 11.0 Å². The predicted molar refractivity (Wildman–Crippen MR) is 59.4 cm³/mol. The monoisotopic (exact) mass is 190 g/mol. The third kappa shape index (κ3) is 2.06. The molecule has 1 aliphatic carbocycles. The summed E-state index contributed by atoms with van der Waals surface area (Å²) in [5.74, 6) is 0.879.